The molecule has 0 radical (unpaired) electrons. The second-order valence-electron chi connectivity index (χ2n) is 3.48. The molecule has 1 atom stereocenters. The number of carboxylic acid groups (broad SMARTS) is 1. The van der Waals surface area contributed by atoms with Crippen LogP contribution in [-0.4, -0.2) is 31.3 Å². The van der Waals surface area contributed by atoms with E-state index in [1.165, 1.54) is 6.07 Å². The Kier molecular flexibility index (Phi) is 5.25. The van der Waals surface area contributed by atoms with E-state index >= 15 is 0 Å². The molecule has 0 aromatic rings. The second kappa shape index (κ2) is 5.68. The van der Waals surface area contributed by atoms with E-state index in [2.05, 4.69) is 4.72 Å². The maximum atomic E-state index is 11.2. The molecular formula is C8H14N2O4S. The van der Waals surface area contributed by atoms with Gasteiger partial charge >= 0.3 is 5.97 Å². The van der Waals surface area contributed by atoms with Gasteiger partial charge in [0.2, 0.25) is 10.0 Å². The first-order valence-corrected chi connectivity index (χ1v) is 6.02. The van der Waals surface area contributed by atoms with Crippen LogP contribution >= 0.6 is 0 Å². The van der Waals surface area contributed by atoms with Gasteiger partial charge in [-0.2, -0.15) is 5.26 Å². The smallest absolute Gasteiger partial charge is 0.304 e. The highest BCUT2D eigenvalue weighted by molar-refractivity contribution is 7.89. The maximum absolute atomic E-state index is 11.2. The quantitative estimate of drug-likeness (QED) is 0.668. The average molecular weight is 234 g/mol. The van der Waals surface area contributed by atoms with Crippen LogP contribution in [0.3, 0.4) is 0 Å². The largest absolute Gasteiger partial charge is 0.481 e. The lowest BCUT2D eigenvalue weighted by atomic mass is 10.0. The molecule has 7 heteroatoms. The van der Waals surface area contributed by atoms with Crippen LogP contribution in [0.5, 0.6) is 0 Å². The van der Waals surface area contributed by atoms with Crippen LogP contribution in [0.15, 0.2) is 0 Å². The van der Waals surface area contributed by atoms with Crippen molar-refractivity contribution in [2.75, 3.05) is 5.75 Å². The van der Waals surface area contributed by atoms with Crippen molar-refractivity contribution >= 4 is 16.0 Å². The summed E-state index contributed by atoms with van der Waals surface area (Å²) < 4.78 is 24.6. The topological polar surface area (TPSA) is 107 Å². The SMILES string of the molecule is CC(C)C(CC(=O)O)NS(=O)(=O)CC#N. The Morgan fingerprint density at radius 3 is 2.40 bits per heavy atom. The Bertz CT molecular complexity index is 355. The van der Waals surface area contributed by atoms with E-state index in [1.54, 1.807) is 13.8 Å². The molecule has 0 aliphatic heterocycles. The van der Waals surface area contributed by atoms with Crippen molar-refractivity contribution in [3.8, 4) is 6.07 Å². The van der Waals surface area contributed by atoms with E-state index in [0.717, 1.165) is 0 Å². The zero-order chi connectivity index (χ0) is 12.1. The molecule has 0 saturated carbocycles. The summed E-state index contributed by atoms with van der Waals surface area (Å²) in [5.74, 6) is -1.88. The van der Waals surface area contributed by atoms with E-state index in [0.29, 0.717) is 0 Å². The van der Waals surface area contributed by atoms with Gasteiger partial charge in [0.1, 0.15) is 0 Å². The van der Waals surface area contributed by atoms with E-state index in [-0.39, 0.29) is 12.3 Å². The van der Waals surface area contributed by atoms with Crippen LogP contribution in [0, 0.1) is 17.2 Å². The molecule has 6 nitrogen and oxygen atoms in total. The third-order valence-electron chi connectivity index (χ3n) is 1.78. The summed E-state index contributed by atoms with van der Waals surface area (Å²) in [5, 5.41) is 16.8. The number of carboxylic acids is 1. The second-order valence-corrected chi connectivity index (χ2v) is 5.24. The first kappa shape index (κ1) is 13.9. The number of aliphatic carboxylic acids is 1. The minimum Gasteiger partial charge on any atom is -0.481 e. The monoisotopic (exact) mass is 234 g/mol. The third kappa shape index (κ3) is 6.04. The molecule has 0 saturated heterocycles. The van der Waals surface area contributed by atoms with Gasteiger partial charge in [-0.3, -0.25) is 4.79 Å². The summed E-state index contributed by atoms with van der Waals surface area (Å²) >= 11 is 0. The predicted octanol–water partition coefficient (Wildman–Crippen LogP) is -0.0713. The Morgan fingerprint density at radius 1 is 1.53 bits per heavy atom. The molecule has 0 bridgehead atoms. The molecule has 0 rings (SSSR count). The fourth-order valence-electron chi connectivity index (χ4n) is 0.959. The first-order valence-electron chi connectivity index (χ1n) is 4.37. The van der Waals surface area contributed by atoms with Gasteiger partial charge in [0.25, 0.3) is 0 Å². The van der Waals surface area contributed by atoms with Crippen LogP contribution in [0.1, 0.15) is 20.3 Å². The van der Waals surface area contributed by atoms with E-state index in [1.807, 2.05) is 0 Å². The Hall–Kier alpha value is -1.13. The van der Waals surface area contributed by atoms with Crippen molar-refractivity contribution in [3.05, 3.63) is 0 Å². The van der Waals surface area contributed by atoms with Crippen molar-refractivity contribution in [2.24, 2.45) is 5.92 Å². The summed E-state index contributed by atoms with van der Waals surface area (Å²) in [6, 6.07) is 0.828. The molecule has 86 valence electrons. The van der Waals surface area contributed by atoms with Gasteiger partial charge in [-0.1, -0.05) is 13.8 Å². The molecule has 1 unspecified atom stereocenters. The molecule has 2 N–H and O–H groups in total. The molecule has 15 heavy (non-hydrogen) atoms. The first-order chi connectivity index (χ1) is 6.78. The number of hydrogen-bond acceptors (Lipinski definition) is 4. The number of nitriles is 1. The van der Waals surface area contributed by atoms with Crippen LogP contribution in [0.2, 0.25) is 0 Å². The number of nitrogens with one attached hydrogen (secondary N) is 1. The third-order valence-corrected chi connectivity index (χ3v) is 2.96. The van der Waals surface area contributed by atoms with Crippen molar-refractivity contribution in [3.63, 3.8) is 0 Å². The highest BCUT2D eigenvalue weighted by Gasteiger charge is 2.22. The summed E-state index contributed by atoms with van der Waals surface area (Å²) in [7, 11) is -3.70. The normalized spacial score (nSPS) is 13.5. The van der Waals surface area contributed by atoms with Crippen molar-refractivity contribution < 1.29 is 18.3 Å². The summed E-state index contributed by atoms with van der Waals surface area (Å²) in [4.78, 5) is 10.5. The highest BCUT2D eigenvalue weighted by Crippen LogP contribution is 2.07. The number of nitrogens with zero attached hydrogens (tertiary/aromatic N) is 1. The van der Waals surface area contributed by atoms with Crippen LogP contribution in [0.25, 0.3) is 0 Å². The van der Waals surface area contributed by atoms with E-state index in [9.17, 15) is 13.2 Å². The van der Waals surface area contributed by atoms with Gasteiger partial charge in [-0.15, -0.1) is 0 Å². The van der Waals surface area contributed by atoms with Crippen LogP contribution in [-0.2, 0) is 14.8 Å². The van der Waals surface area contributed by atoms with Crippen LogP contribution < -0.4 is 4.72 Å². The van der Waals surface area contributed by atoms with Gasteiger partial charge < -0.3 is 5.11 Å². The van der Waals surface area contributed by atoms with Gasteiger partial charge in [-0.05, 0) is 5.92 Å². The standard InChI is InChI=1S/C8H14N2O4S/c1-6(2)7(5-8(11)12)10-15(13,14)4-3-9/h6-7,10H,4-5H2,1-2H3,(H,11,12). The summed E-state index contributed by atoms with van der Waals surface area (Å²) in [6.45, 7) is 3.42. The van der Waals surface area contributed by atoms with Gasteiger partial charge in [0.05, 0.1) is 12.5 Å². The van der Waals surface area contributed by atoms with Gasteiger partial charge in [-0.25, -0.2) is 13.1 Å². The Balaban J connectivity index is 4.56. The average Bonchev–Trinajstić information content (AvgIpc) is 2.00. The molecule has 0 aromatic carbocycles. The van der Waals surface area contributed by atoms with Crippen molar-refractivity contribution in [1.82, 2.24) is 4.72 Å². The van der Waals surface area contributed by atoms with Crippen molar-refractivity contribution in [2.45, 2.75) is 26.3 Å². The molecular weight excluding hydrogens is 220 g/mol. The van der Waals surface area contributed by atoms with E-state index in [4.69, 9.17) is 10.4 Å². The Labute approximate surface area is 89.0 Å². The number of rotatable bonds is 6. The van der Waals surface area contributed by atoms with E-state index < -0.39 is 27.8 Å². The van der Waals surface area contributed by atoms with Gasteiger partial charge in [0.15, 0.2) is 5.75 Å². The number of hydrogen-bond donors (Lipinski definition) is 2. The molecule has 0 heterocycles. The molecule has 0 aliphatic carbocycles. The summed E-state index contributed by atoms with van der Waals surface area (Å²) in [6.07, 6.45) is -0.289. The molecule has 0 fully saturated rings. The maximum Gasteiger partial charge on any atom is 0.304 e. The number of sulfonamides is 1. The molecule has 0 amide bonds. The lowest BCUT2D eigenvalue weighted by molar-refractivity contribution is -0.137. The predicted molar refractivity (Wildman–Crippen MR) is 53.4 cm³/mol. The highest BCUT2D eigenvalue weighted by atomic mass is 32.2. The fourth-order valence-corrected chi connectivity index (χ4v) is 2.03. The van der Waals surface area contributed by atoms with Crippen LogP contribution in [0.4, 0.5) is 0 Å². The van der Waals surface area contributed by atoms with Gasteiger partial charge in [0, 0.05) is 6.04 Å². The lowest BCUT2D eigenvalue weighted by Gasteiger charge is -2.19. The summed E-state index contributed by atoms with van der Waals surface area (Å²) in [5.41, 5.74) is 0. The molecule has 0 aromatic heterocycles. The lowest BCUT2D eigenvalue weighted by Crippen LogP contribution is -2.40. The zero-order valence-electron chi connectivity index (χ0n) is 8.60. The zero-order valence-corrected chi connectivity index (χ0v) is 9.41. The molecule has 0 spiro atoms. The fraction of sp³-hybridized carbons (Fsp3) is 0.750. The van der Waals surface area contributed by atoms with Crippen molar-refractivity contribution in [1.29, 1.82) is 5.26 Å². The minimum atomic E-state index is -3.70. The molecule has 0 aliphatic rings. The number of carbonyl (C=O) groups is 1. The minimum absolute atomic E-state index is 0.144. The Morgan fingerprint density at radius 2 is 2.07 bits per heavy atom.